The molecule has 2 aromatic carbocycles. The summed E-state index contributed by atoms with van der Waals surface area (Å²) >= 11 is 0. The fourth-order valence-corrected chi connectivity index (χ4v) is 2.61. The zero-order chi connectivity index (χ0) is 18.2. The second-order valence-electron chi connectivity index (χ2n) is 6.03. The number of carbonyl (C=O) groups excluding carboxylic acids is 1. The number of aliphatic hydroxyl groups excluding tert-OH is 1. The normalized spacial score (nSPS) is 11.7. The summed E-state index contributed by atoms with van der Waals surface area (Å²) in [5.74, 6) is 0.920. The van der Waals surface area contributed by atoms with E-state index < -0.39 is 0 Å². The molecule has 0 spiro atoms. The van der Waals surface area contributed by atoms with Gasteiger partial charge in [0.05, 0.1) is 19.8 Å². The molecule has 5 nitrogen and oxygen atoms in total. The van der Waals surface area contributed by atoms with Crippen LogP contribution in [0, 0.1) is 5.92 Å². The summed E-state index contributed by atoms with van der Waals surface area (Å²) in [6.07, 6.45) is 0. The number of aliphatic hydroxyl groups is 1. The smallest absolute Gasteiger partial charge is 0.258 e. The predicted octanol–water partition coefficient (Wildman–Crippen LogP) is 2.97. The Morgan fingerprint density at radius 1 is 1.12 bits per heavy atom. The van der Waals surface area contributed by atoms with E-state index in [-0.39, 0.29) is 18.4 Å². The maximum atomic E-state index is 13.2. The first kappa shape index (κ1) is 18.8. The molecule has 5 heteroatoms. The van der Waals surface area contributed by atoms with Crippen LogP contribution in [-0.2, 0) is 6.54 Å². The van der Waals surface area contributed by atoms with Gasteiger partial charge in [-0.15, -0.1) is 0 Å². The Bertz CT molecular complexity index is 687. The van der Waals surface area contributed by atoms with Crippen molar-refractivity contribution in [1.29, 1.82) is 0 Å². The molecule has 0 heterocycles. The fraction of sp³-hybridized carbons (Fsp3) is 0.350. The van der Waals surface area contributed by atoms with E-state index in [1.807, 2.05) is 37.3 Å². The molecule has 0 saturated heterocycles. The summed E-state index contributed by atoms with van der Waals surface area (Å²) in [6.45, 7) is 2.84. The van der Waals surface area contributed by atoms with Crippen LogP contribution in [0.5, 0.6) is 11.5 Å². The molecule has 134 valence electrons. The third-order valence-electron chi connectivity index (χ3n) is 3.98. The van der Waals surface area contributed by atoms with Crippen molar-refractivity contribution >= 4 is 5.91 Å². The number of ether oxygens (including phenoxy) is 2. The van der Waals surface area contributed by atoms with Crippen LogP contribution in [0.1, 0.15) is 22.8 Å². The Balaban J connectivity index is 2.34. The van der Waals surface area contributed by atoms with Gasteiger partial charge in [0.2, 0.25) is 0 Å². The molecule has 0 bridgehead atoms. The van der Waals surface area contributed by atoms with Crippen LogP contribution in [0.4, 0.5) is 0 Å². The van der Waals surface area contributed by atoms with E-state index in [0.29, 0.717) is 30.2 Å². The number of amides is 1. The van der Waals surface area contributed by atoms with Gasteiger partial charge in [0, 0.05) is 19.7 Å². The molecule has 0 aliphatic heterocycles. The van der Waals surface area contributed by atoms with Crippen LogP contribution in [0.3, 0.4) is 0 Å². The molecule has 2 aromatic rings. The van der Waals surface area contributed by atoms with Crippen molar-refractivity contribution in [2.75, 3.05) is 27.4 Å². The molecule has 2 rings (SSSR count). The number of hydrogen-bond donors (Lipinski definition) is 1. The van der Waals surface area contributed by atoms with Crippen molar-refractivity contribution in [3.05, 3.63) is 59.7 Å². The quantitative estimate of drug-likeness (QED) is 0.800. The van der Waals surface area contributed by atoms with Crippen LogP contribution in [-0.4, -0.2) is 43.3 Å². The first-order valence-corrected chi connectivity index (χ1v) is 8.25. The lowest BCUT2D eigenvalue weighted by Crippen LogP contribution is -2.35. The van der Waals surface area contributed by atoms with Gasteiger partial charge in [-0.05, 0) is 29.7 Å². The van der Waals surface area contributed by atoms with E-state index in [1.165, 1.54) is 7.11 Å². The van der Waals surface area contributed by atoms with Crippen LogP contribution in [0.2, 0.25) is 0 Å². The Morgan fingerprint density at radius 2 is 1.84 bits per heavy atom. The Kier molecular flexibility index (Phi) is 6.83. The summed E-state index contributed by atoms with van der Waals surface area (Å²) in [5.41, 5.74) is 1.48. The Morgan fingerprint density at radius 3 is 2.44 bits per heavy atom. The van der Waals surface area contributed by atoms with Gasteiger partial charge in [0.15, 0.2) is 0 Å². The van der Waals surface area contributed by atoms with Crippen LogP contribution >= 0.6 is 0 Å². The highest BCUT2D eigenvalue weighted by atomic mass is 16.5. The molecular formula is C20H25NO4. The number of hydrogen-bond acceptors (Lipinski definition) is 4. The molecule has 25 heavy (non-hydrogen) atoms. The van der Waals surface area contributed by atoms with Crippen molar-refractivity contribution in [3.8, 4) is 11.5 Å². The van der Waals surface area contributed by atoms with Gasteiger partial charge in [0.25, 0.3) is 5.91 Å². The first-order chi connectivity index (χ1) is 12.1. The lowest BCUT2D eigenvalue weighted by molar-refractivity contribution is 0.0691. The standard InChI is InChI=1S/C20H25NO4/c1-15(14-22)12-21(13-16-7-5-4-6-8-16)20(23)18-11-17(24-2)9-10-19(18)25-3/h4-11,15,22H,12-14H2,1-3H3/t15-/m0/s1. The third-order valence-corrected chi connectivity index (χ3v) is 3.98. The maximum Gasteiger partial charge on any atom is 0.258 e. The van der Waals surface area contributed by atoms with Gasteiger partial charge in [0.1, 0.15) is 11.5 Å². The van der Waals surface area contributed by atoms with Gasteiger partial charge < -0.3 is 19.5 Å². The van der Waals surface area contributed by atoms with Gasteiger partial charge >= 0.3 is 0 Å². The van der Waals surface area contributed by atoms with E-state index in [2.05, 4.69) is 0 Å². The van der Waals surface area contributed by atoms with Crippen molar-refractivity contribution in [1.82, 2.24) is 4.90 Å². The maximum absolute atomic E-state index is 13.2. The summed E-state index contributed by atoms with van der Waals surface area (Å²) in [7, 11) is 3.10. The fourth-order valence-electron chi connectivity index (χ4n) is 2.61. The highest BCUT2D eigenvalue weighted by Crippen LogP contribution is 2.26. The summed E-state index contributed by atoms with van der Waals surface area (Å²) in [4.78, 5) is 14.9. The van der Waals surface area contributed by atoms with Gasteiger partial charge in [-0.25, -0.2) is 0 Å². The summed E-state index contributed by atoms with van der Waals surface area (Å²) < 4.78 is 10.6. The van der Waals surface area contributed by atoms with E-state index >= 15 is 0 Å². The molecule has 0 unspecified atom stereocenters. The van der Waals surface area contributed by atoms with Crippen molar-refractivity contribution < 1.29 is 19.4 Å². The lowest BCUT2D eigenvalue weighted by Gasteiger charge is -2.26. The Labute approximate surface area is 148 Å². The highest BCUT2D eigenvalue weighted by molar-refractivity contribution is 5.97. The second-order valence-corrected chi connectivity index (χ2v) is 6.03. The molecular weight excluding hydrogens is 318 g/mol. The molecule has 0 aliphatic carbocycles. The molecule has 0 saturated carbocycles. The van der Waals surface area contributed by atoms with Gasteiger partial charge in [-0.2, -0.15) is 0 Å². The molecule has 0 aliphatic rings. The monoisotopic (exact) mass is 343 g/mol. The number of benzene rings is 2. The Hall–Kier alpha value is -2.53. The van der Waals surface area contributed by atoms with Gasteiger partial charge in [-0.1, -0.05) is 37.3 Å². The van der Waals surface area contributed by atoms with Crippen LogP contribution < -0.4 is 9.47 Å². The molecule has 1 amide bonds. The first-order valence-electron chi connectivity index (χ1n) is 8.25. The zero-order valence-corrected chi connectivity index (χ0v) is 14.9. The van der Waals surface area contributed by atoms with E-state index in [9.17, 15) is 9.90 Å². The SMILES string of the molecule is COc1ccc(OC)c(C(=O)N(Cc2ccccc2)C[C@H](C)CO)c1. The van der Waals surface area contributed by atoms with Crippen LogP contribution in [0.15, 0.2) is 48.5 Å². The lowest BCUT2D eigenvalue weighted by atomic mass is 10.1. The summed E-state index contributed by atoms with van der Waals surface area (Å²) in [5, 5.41) is 9.40. The molecule has 1 atom stereocenters. The predicted molar refractivity (Wildman–Crippen MR) is 97.0 cm³/mol. The average Bonchev–Trinajstić information content (AvgIpc) is 2.66. The largest absolute Gasteiger partial charge is 0.497 e. The van der Waals surface area contributed by atoms with Gasteiger partial charge in [-0.3, -0.25) is 4.79 Å². The van der Waals surface area contributed by atoms with Crippen molar-refractivity contribution in [2.45, 2.75) is 13.5 Å². The summed E-state index contributed by atoms with van der Waals surface area (Å²) in [6, 6.07) is 15.0. The average molecular weight is 343 g/mol. The van der Waals surface area contributed by atoms with E-state index in [1.54, 1.807) is 30.2 Å². The number of methoxy groups -OCH3 is 2. The third kappa shape index (κ3) is 4.97. The minimum atomic E-state index is -0.153. The zero-order valence-electron chi connectivity index (χ0n) is 14.9. The molecule has 0 fully saturated rings. The molecule has 0 aromatic heterocycles. The van der Waals surface area contributed by atoms with Crippen molar-refractivity contribution in [2.24, 2.45) is 5.92 Å². The van der Waals surface area contributed by atoms with E-state index in [4.69, 9.17) is 9.47 Å². The minimum Gasteiger partial charge on any atom is -0.497 e. The van der Waals surface area contributed by atoms with Crippen molar-refractivity contribution in [3.63, 3.8) is 0 Å². The topological polar surface area (TPSA) is 59.0 Å². The highest BCUT2D eigenvalue weighted by Gasteiger charge is 2.22. The number of rotatable bonds is 8. The molecule has 0 radical (unpaired) electrons. The van der Waals surface area contributed by atoms with Crippen LogP contribution in [0.25, 0.3) is 0 Å². The number of nitrogens with zero attached hydrogens (tertiary/aromatic N) is 1. The van der Waals surface area contributed by atoms with E-state index in [0.717, 1.165) is 5.56 Å². The minimum absolute atomic E-state index is 0.0216. The second kappa shape index (κ2) is 9.08. The number of carbonyl (C=O) groups is 1. The molecule has 1 N–H and O–H groups in total.